The quantitative estimate of drug-likeness (QED) is 0.855. The minimum atomic E-state index is 0.281. The van der Waals surface area contributed by atoms with Crippen molar-refractivity contribution in [2.45, 2.75) is 31.7 Å². The summed E-state index contributed by atoms with van der Waals surface area (Å²) in [6.07, 6.45) is 6.01. The van der Waals surface area contributed by atoms with Gasteiger partial charge >= 0.3 is 0 Å². The lowest BCUT2D eigenvalue weighted by Gasteiger charge is -2.16. The Hall–Kier alpha value is -1.62. The zero-order valence-corrected chi connectivity index (χ0v) is 11.8. The van der Waals surface area contributed by atoms with Gasteiger partial charge in [0, 0.05) is 38.3 Å². The summed E-state index contributed by atoms with van der Waals surface area (Å²) in [6.45, 7) is 3.54. The second kappa shape index (κ2) is 6.22. The van der Waals surface area contributed by atoms with Gasteiger partial charge < -0.3 is 15.5 Å². The molecule has 0 aromatic carbocycles. The second-order valence-corrected chi connectivity index (χ2v) is 5.53. The maximum atomic E-state index is 11.5. The molecule has 5 nitrogen and oxygen atoms in total. The van der Waals surface area contributed by atoms with E-state index in [-0.39, 0.29) is 5.91 Å². The molecule has 2 aliphatic heterocycles. The summed E-state index contributed by atoms with van der Waals surface area (Å²) in [5, 5.41) is 6.82. The first kappa shape index (κ1) is 13.4. The van der Waals surface area contributed by atoms with Crippen molar-refractivity contribution < 1.29 is 4.79 Å². The van der Waals surface area contributed by atoms with E-state index < -0.39 is 0 Å². The van der Waals surface area contributed by atoms with Crippen LogP contribution in [0.2, 0.25) is 0 Å². The van der Waals surface area contributed by atoms with Crippen LogP contribution in [0.4, 0.5) is 5.82 Å². The minimum Gasteiger partial charge on any atom is -0.368 e. The molecular formula is C15H22N4O. The molecule has 0 bridgehead atoms. The summed E-state index contributed by atoms with van der Waals surface area (Å²) in [7, 11) is 0. The summed E-state index contributed by atoms with van der Waals surface area (Å²) in [5.41, 5.74) is 1.30. The van der Waals surface area contributed by atoms with E-state index in [1.165, 1.54) is 18.4 Å². The third-order valence-electron chi connectivity index (χ3n) is 4.11. The van der Waals surface area contributed by atoms with Crippen LogP contribution in [0, 0.1) is 0 Å². The number of rotatable bonds is 5. The maximum absolute atomic E-state index is 11.5. The summed E-state index contributed by atoms with van der Waals surface area (Å²) in [4.78, 5) is 17.8. The summed E-state index contributed by atoms with van der Waals surface area (Å²) in [5.74, 6) is 1.19. The Morgan fingerprint density at radius 3 is 3.15 bits per heavy atom. The Morgan fingerprint density at radius 1 is 1.45 bits per heavy atom. The van der Waals surface area contributed by atoms with Gasteiger partial charge in [-0.2, -0.15) is 0 Å². The smallest absolute Gasteiger partial charge is 0.222 e. The van der Waals surface area contributed by atoms with Crippen molar-refractivity contribution in [2.24, 2.45) is 0 Å². The average Bonchev–Trinajstić information content (AvgIpc) is 3.12. The van der Waals surface area contributed by atoms with Crippen LogP contribution in [0.3, 0.4) is 0 Å². The first-order valence-corrected chi connectivity index (χ1v) is 7.54. The van der Waals surface area contributed by atoms with Crippen LogP contribution in [0.5, 0.6) is 0 Å². The van der Waals surface area contributed by atoms with E-state index in [9.17, 15) is 4.79 Å². The number of amides is 1. The molecule has 0 saturated carbocycles. The largest absolute Gasteiger partial charge is 0.368 e. The number of carbonyl (C=O) groups excluding carboxylic acids is 1. The molecular weight excluding hydrogens is 252 g/mol. The Labute approximate surface area is 119 Å². The Kier molecular flexibility index (Phi) is 4.16. The molecule has 1 aromatic rings. The van der Waals surface area contributed by atoms with Crippen molar-refractivity contribution in [1.82, 2.24) is 15.2 Å². The van der Waals surface area contributed by atoms with E-state index >= 15 is 0 Å². The first-order valence-electron chi connectivity index (χ1n) is 7.54. The highest BCUT2D eigenvalue weighted by atomic mass is 16.2. The minimum absolute atomic E-state index is 0.281. The number of hydrogen-bond donors (Lipinski definition) is 2. The van der Waals surface area contributed by atoms with Gasteiger partial charge in [0.15, 0.2) is 0 Å². The molecule has 2 N–H and O–H groups in total. The van der Waals surface area contributed by atoms with Gasteiger partial charge in [-0.25, -0.2) is 4.98 Å². The predicted molar refractivity (Wildman–Crippen MR) is 78.5 cm³/mol. The Bertz CT molecular complexity index is 471. The lowest BCUT2D eigenvalue weighted by molar-refractivity contribution is -0.127. The van der Waals surface area contributed by atoms with Crippen LogP contribution in [0.25, 0.3) is 0 Å². The molecule has 2 saturated heterocycles. The van der Waals surface area contributed by atoms with E-state index in [0.717, 1.165) is 38.4 Å². The fourth-order valence-electron chi connectivity index (χ4n) is 2.99. The molecule has 1 atom stereocenters. The third-order valence-corrected chi connectivity index (χ3v) is 4.11. The predicted octanol–water partition coefficient (Wildman–Crippen LogP) is 1.54. The van der Waals surface area contributed by atoms with Crippen molar-refractivity contribution in [2.75, 3.05) is 31.5 Å². The molecule has 108 valence electrons. The zero-order chi connectivity index (χ0) is 13.8. The van der Waals surface area contributed by atoms with E-state index in [0.29, 0.717) is 12.5 Å². The number of aromatic nitrogens is 1. The molecule has 3 heterocycles. The average molecular weight is 274 g/mol. The summed E-state index contributed by atoms with van der Waals surface area (Å²) >= 11 is 0. The first-order chi connectivity index (χ1) is 9.83. The van der Waals surface area contributed by atoms with Crippen LogP contribution < -0.4 is 10.6 Å². The number of pyridine rings is 1. The van der Waals surface area contributed by atoms with Gasteiger partial charge in [-0.3, -0.25) is 4.79 Å². The fourth-order valence-corrected chi connectivity index (χ4v) is 2.99. The van der Waals surface area contributed by atoms with Crippen molar-refractivity contribution in [3.05, 3.63) is 23.9 Å². The molecule has 1 unspecified atom stereocenters. The molecule has 2 aliphatic rings. The van der Waals surface area contributed by atoms with Crippen LogP contribution in [0.15, 0.2) is 18.3 Å². The number of anilines is 1. The van der Waals surface area contributed by atoms with Gasteiger partial charge in [0.1, 0.15) is 5.82 Å². The van der Waals surface area contributed by atoms with Crippen molar-refractivity contribution in [1.29, 1.82) is 0 Å². The van der Waals surface area contributed by atoms with E-state index in [1.807, 2.05) is 11.1 Å². The topological polar surface area (TPSA) is 57.3 Å². The summed E-state index contributed by atoms with van der Waals surface area (Å²) in [6, 6.07) is 4.67. The maximum Gasteiger partial charge on any atom is 0.222 e. The molecule has 0 aliphatic carbocycles. The third kappa shape index (κ3) is 3.10. The van der Waals surface area contributed by atoms with Crippen LogP contribution in [0.1, 0.15) is 37.3 Å². The van der Waals surface area contributed by atoms with Crippen LogP contribution in [-0.4, -0.2) is 42.0 Å². The Morgan fingerprint density at radius 2 is 2.40 bits per heavy atom. The molecule has 3 rings (SSSR count). The molecule has 0 radical (unpaired) electrons. The normalized spacial score (nSPS) is 22.5. The Balaban J connectivity index is 1.52. The zero-order valence-electron chi connectivity index (χ0n) is 11.8. The summed E-state index contributed by atoms with van der Waals surface area (Å²) < 4.78 is 0. The molecule has 20 heavy (non-hydrogen) atoms. The van der Waals surface area contributed by atoms with Crippen LogP contribution in [-0.2, 0) is 4.79 Å². The van der Waals surface area contributed by atoms with Crippen molar-refractivity contribution >= 4 is 11.7 Å². The van der Waals surface area contributed by atoms with Gasteiger partial charge in [-0.05, 0) is 43.5 Å². The number of carbonyl (C=O) groups is 1. The highest BCUT2D eigenvalue weighted by Gasteiger charge is 2.19. The molecule has 1 aromatic heterocycles. The van der Waals surface area contributed by atoms with Gasteiger partial charge in [-0.1, -0.05) is 0 Å². The van der Waals surface area contributed by atoms with E-state index in [1.54, 1.807) is 0 Å². The lowest BCUT2D eigenvalue weighted by atomic mass is 10.1. The number of nitrogens with zero attached hydrogens (tertiary/aromatic N) is 2. The monoisotopic (exact) mass is 274 g/mol. The van der Waals surface area contributed by atoms with Crippen molar-refractivity contribution in [3.63, 3.8) is 0 Å². The highest BCUT2D eigenvalue weighted by molar-refractivity contribution is 5.78. The van der Waals surface area contributed by atoms with Gasteiger partial charge in [0.05, 0.1) is 0 Å². The van der Waals surface area contributed by atoms with Gasteiger partial charge in [-0.15, -0.1) is 0 Å². The number of nitrogens with one attached hydrogen (secondary N) is 2. The van der Waals surface area contributed by atoms with E-state index in [2.05, 4.69) is 27.8 Å². The van der Waals surface area contributed by atoms with Gasteiger partial charge in [0.25, 0.3) is 0 Å². The molecule has 2 fully saturated rings. The fraction of sp³-hybridized carbons (Fsp3) is 0.600. The molecule has 5 heteroatoms. The molecule has 1 amide bonds. The lowest BCUT2D eigenvalue weighted by Crippen LogP contribution is -2.30. The van der Waals surface area contributed by atoms with E-state index in [4.69, 9.17) is 0 Å². The standard InChI is InChI=1S/C15H22N4O/c20-15-4-2-9-19(15)10-8-18-14-11-12(5-7-17-14)13-3-1-6-16-13/h5,7,11,13,16H,1-4,6,8-10H2,(H,17,18). The SMILES string of the molecule is O=C1CCCN1CCNc1cc(C2CCCN2)ccn1. The highest BCUT2D eigenvalue weighted by Crippen LogP contribution is 2.23. The van der Waals surface area contributed by atoms with Crippen LogP contribution >= 0.6 is 0 Å². The number of likely N-dealkylation sites (tertiary alicyclic amines) is 1. The van der Waals surface area contributed by atoms with Gasteiger partial charge in [0.2, 0.25) is 5.91 Å². The second-order valence-electron chi connectivity index (χ2n) is 5.53. The molecule has 0 spiro atoms. The van der Waals surface area contributed by atoms with Crippen molar-refractivity contribution in [3.8, 4) is 0 Å². The number of hydrogen-bond acceptors (Lipinski definition) is 4.